The van der Waals surface area contributed by atoms with Gasteiger partial charge in [-0.3, -0.25) is 9.97 Å². The van der Waals surface area contributed by atoms with E-state index in [4.69, 9.17) is 11.6 Å². The number of anilines is 1. The van der Waals surface area contributed by atoms with Gasteiger partial charge in [-0.15, -0.1) is 0 Å². The van der Waals surface area contributed by atoms with Gasteiger partial charge < -0.3 is 9.80 Å². The average molecular weight is 381 g/mol. The van der Waals surface area contributed by atoms with Crippen LogP contribution in [0.15, 0.2) is 54.6 Å². The van der Waals surface area contributed by atoms with Gasteiger partial charge in [0.25, 0.3) is 0 Å². The van der Waals surface area contributed by atoms with E-state index in [0.717, 1.165) is 41.7 Å². The molecule has 136 valence electrons. The van der Waals surface area contributed by atoms with E-state index >= 15 is 0 Å². The molecule has 6 heteroatoms. The molecular formula is C21H18ClFN4. The van der Waals surface area contributed by atoms with Crippen molar-refractivity contribution in [3.05, 3.63) is 76.6 Å². The highest BCUT2D eigenvalue weighted by molar-refractivity contribution is 6.33. The molecule has 5 rings (SSSR count). The molecule has 3 heterocycles. The highest BCUT2D eigenvalue weighted by Gasteiger charge is 2.37. The van der Waals surface area contributed by atoms with Gasteiger partial charge in [-0.25, -0.2) is 4.39 Å². The first-order valence-electron chi connectivity index (χ1n) is 9.04. The van der Waals surface area contributed by atoms with Crippen LogP contribution in [0, 0.1) is 12.7 Å². The van der Waals surface area contributed by atoms with E-state index in [1.54, 1.807) is 19.3 Å². The fraction of sp³-hybridized carbons (Fsp3) is 0.238. The van der Waals surface area contributed by atoms with Crippen molar-refractivity contribution in [3.8, 4) is 0 Å². The molecule has 2 aliphatic rings. The van der Waals surface area contributed by atoms with Crippen LogP contribution in [0.3, 0.4) is 0 Å². The van der Waals surface area contributed by atoms with E-state index in [9.17, 15) is 4.39 Å². The predicted molar refractivity (Wildman–Crippen MR) is 105 cm³/mol. The number of halogens is 2. The van der Waals surface area contributed by atoms with Crippen LogP contribution in [0.5, 0.6) is 0 Å². The highest BCUT2D eigenvalue weighted by atomic mass is 35.5. The molecule has 1 unspecified atom stereocenters. The van der Waals surface area contributed by atoms with E-state index < -0.39 is 0 Å². The maximum Gasteiger partial charge on any atom is 0.132 e. The standard InChI is InChI=1S/C21H18ClFN4/c1-13-9-20(16(22)11-17(13)23)27-12-15-3-2-8-26(15)21(27)14-4-5-18-19(10-14)25-7-6-24-18/h4-7,9-12,21H,2-3,8H2,1H3. The van der Waals surface area contributed by atoms with E-state index in [1.165, 1.54) is 11.8 Å². The van der Waals surface area contributed by atoms with Crippen molar-refractivity contribution in [3.63, 3.8) is 0 Å². The summed E-state index contributed by atoms with van der Waals surface area (Å²) in [5, 5.41) is 0.418. The summed E-state index contributed by atoms with van der Waals surface area (Å²) < 4.78 is 13.9. The molecule has 1 saturated heterocycles. The Morgan fingerprint density at radius 3 is 2.78 bits per heavy atom. The number of benzene rings is 2. The van der Waals surface area contributed by atoms with Crippen LogP contribution >= 0.6 is 11.6 Å². The lowest BCUT2D eigenvalue weighted by Crippen LogP contribution is -2.31. The third-order valence-corrected chi connectivity index (χ3v) is 5.65. The van der Waals surface area contributed by atoms with Crippen LogP contribution < -0.4 is 4.90 Å². The van der Waals surface area contributed by atoms with Crippen LogP contribution in [-0.2, 0) is 0 Å². The van der Waals surface area contributed by atoms with Crippen molar-refractivity contribution in [1.82, 2.24) is 14.9 Å². The number of nitrogens with zero attached hydrogens (tertiary/aromatic N) is 4. The minimum absolute atomic E-state index is 0.0173. The first-order valence-corrected chi connectivity index (χ1v) is 9.41. The van der Waals surface area contributed by atoms with E-state index in [-0.39, 0.29) is 12.0 Å². The Bertz CT molecular complexity index is 1080. The van der Waals surface area contributed by atoms with Crippen LogP contribution in [-0.4, -0.2) is 21.4 Å². The molecule has 0 amide bonds. The average Bonchev–Trinajstić information content (AvgIpc) is 3.25. The zero-order chi connectivity index (χ0) is 18.5. The van der Waals surface area contributed by atoms with Crippen LogP contribution in [0.4, 0.5) is 10.1 Å². The SMILES string of the molecule is Cc1cc(N2C=C3CCCN3C2c2ccc3nccnc3c2)c(Cl)cc1F. The summed E-state index contributed by atoms with van der Waals surface area (Å²) in [5.74, 6) is -0.284. The zero-order valence-corrected chi connectivity index (χ0v) is 15.6. The number of fused-ring (bicyclic) bond motifs is 2. The molecule has 27 heavy (non-hydrogen) atoms. The maximum absolute atomic E-state index is 13.9. The van der Waals surface area contributed by atoms with Crippen LogP contribution in [0.1, 0.15) is 30.1 Å². The highest BCUT2D eigenvalue weighted by Crippen LogP contribution is 2.45. The van der Waals surface area contributed by atoms with Crippen LogP contribution in [0.25, 0.3) is 11.0 Å². The van der Waals surface area contributed by atoms with Gasteiger partial charge in [0.15, 0.2) is 0 Å². The minimum atomic E-state index is -0.284. The lowest BCUT2D eigenvalue weighted by atomic mass is 10.1. The molecule has 2 aliphatic heterocycles. The van der Waals surface area contributed by atoms with Crippen molar-refractivity contribution in [1.29, 1.82) is 0 Å². The van der Waals surface area contributed by atoms with E-state index in [1.807, 2.05) is 12.1 Å². The molecule has 1 aromatic heterocycles. The van der Waals surface area contributed by atoms with E-state index in [0.29, 0.717) is 10.6 Å². The van der Waals surface area contributed by atoms with E-state index in [2.05, 4.69) is 38.1 Å². The van der Waals surface area contributed by atoms with Gasteiger partial charge in [-0.05, 0) is 55.2 Å². The molecule has 0 N–H and O–H groups in total. The summed E-state index contributed by atoms with van der Waals surface area (Å²) in [6.45, 7) is 2.75. The van der Waals surface area contributed by atoms with Crippen LogP contribution in [0.2, 0.25) is 5.02 Å². The fourth-order valence-corrected chi connectivity index (χ4v) is 4.29. The lowest BCUT2D eigenvalue weighted by Gasteiger charge is -2.33. The topological polar surface area (TPSA) is 32.3 Å². The molecule has 3 aromatic rings. The number of hydrogen-bond acceptors (Lipinski definition) is 4. The normalized spacial score (nSPS) is 18.9. The fourth-order valence-electron chi connectivity index (χ4n) is 4.04. The third-order valence-electron chi connectivity index (χ3n) is 5.35. The Balaban J connectivity index is 1.65. The summed E-state index contributed by atoms with van der Waals surface area (Å²) in [4.78, 5) is 13.4. The lowest BCUT2D eigenvalue weighted by molar-refractivity contribution is 0.319. The summed E-state index contributed by atoms with van der Waals surface area (Å²) in [6.07, 6.45) is 7.72. The van der Waals surface area contributed by atoms with Gasteiger partial charge in [0.1, 0.15) is 12.0 Å². The molecule has 1 fully saturated rings. The third kappa shape index (κ3) is 2.65. The monoisotopic (exact) mass is 380 g/mol. The van der Waals surface area contributed by atoms with Gasteiger partial charge in [0, 0.05) is 30.8 Å². The number of aromatic nitrogens is 2. The van der Waals surface area contributed by atoms with Gasteiger partial charge in [-0.2, -0.15) is 0 Å². The van der Waals surface area contributed by atoms with Crippen molar-refractivity contribution in [2.24, 2.45) is 0 Å². The Hall–Kier alpha value is -2.66. The molecular weight excluding hydrogens is 363 g/mol. The summed E-state index contributed by atoms with van der Waals surface area (Å²) in [7, 11) is 0. The Morgan fingerprint density at radius 1 is 1.11 bits per heavy atom. The van der Waals surface area contributed by atoms with Gasteiger partial charge in [-0.1, -0.05) is 17.7 Å². The zero-order valence-electron chi connectivity index (χ0n) is 14.9. The number of aryl methyl sites for hydroxylation is 1. The Kier molecular flexibility index (Phi) is 3.79. The summed E-state index contributed by atoms with van der Waals surface area (Å²) in [6, 6.07) is 9.40. The van der Waals surface area contributed by atoms with Crippen molar-refractivity contribution < 1.29 is 4.39 Å². The molecule has 0 spiro atoms. The van der Waals surface area contributed by atoms with Gasteiger partial charge in [0.05, 0.1) is 21.7 Å². The number of hydrogen-bond donors (Lipinski definition) is 0. The second-order valence-corrected chi connectivity index (χ2v) is 7.46. The Labute approximate surface area is 161 Å². The first kappa shape index (κ1) is 16.5. The smallest absolute Gasteiger partial charge is 0.132 e. The van der Waals surface area contributed by atoms with Crippen molar-refractivity contribution in [2.45, 2.75) is 25.9 Å². The minimum Gasteiger partial charge on any atom is -0.349 e. The number of rotatable bonds is 2. The largest absolute Gasteiger partial charge is 0.349 e. The summed E-state index contributed by atoms with van der Waals surface area (Å²) in [5.41, 5.74) is 5.55. The van der Waals surface area contributed by atoms with Gasteiger partial charge >= 0.3 is 0 Å². The summed E-state index contributed by atoms with van der Waals surface area (Å²) >= 11 is 6.43. The molecule has 2 aromatic carbocycles. The van der Waals surface area contributed by atoms with Gasteiger partial charge in [0.2, 0.25) is 0 Å². The molecule has 0 radical (unpaired) electrons. The first-order chi connectivity index (χ1) is 13.1. The maximum atomic E-state index is 13.9. The molecule has 1 atom stereocenters. The second kappa shape index (κ2) is 6.20. The molecule has 4 nitrogen and oxygen atoms in total. The van der Waals surface area contributed by atoms with Crippen molar-refractivity contribution in [2.75, 3.05) is 11.4 Å². The molecule has 0 bridgehead atoms. The predicted octanol–water partition coefficient (Wildman–Crippen LogP) is 5.19. The Morgan fingerprint density at radius 2 is 1.93 bits per heavy atom. The number of allylic oxidation sites excluding steroid dienone is 1. The van der Waals surface area contributed by atoms with Crippen molar-refractivity contribution >= 4 is 28.3 Å². The second-order valence-electron chi connectivity index (χ2n) is 7.06. The molecule has 0 saturated carbocycles. The molecule has 0 aliphatic carbocycles. The quantitative estimate of drug-likeness (QED) is 0.612.